The summed E-state index contributed by atoms with van der Waals surface area (Å²) in [6.45, 7) is 5.84. The molecule has 0 radical (unpaired) electrons. The van der Waals surface area contributed by atoms with Crippen LogP contribution in [-0.2, 0) is 6.42 Å². The van der Waals surface area contributed by atoms with Crippen molar-refractivity contribution >= 4 is 0 Å². The van der Waals surface area contributed by atoms with Crippen molar-refractivity contribution in [1.29, 1.82) is 0 Å². The fraction of sp³-hybridized carbons (Fsp3) is 0.571. The molecular formula is C14H20FNO. The Labute approximate surface area is 102 Å². The third-order valence-corrected chi connectivity index (χ3v) is 3.66. The molecule has 1 aliphatic rings. The van der Waals surface area contributed by atoms with E-state index in [2.05, 4.69) is 12.2 Å². The van der Waals surface area contributed by atoms with Gasteiger partial charge in [-0.1, -0.05) is 6.92 Å². The van der Waals surface area contributed by atoms with Gasteiger partial charge in [0.15, 0.2) is 0 Å². The number of methoxy groups -OCH3 is 1. The largest absolute Gasteiger partial charge is 0.496 e. The molecule has 0 aromatic heterocycles. The summed E-state index contributed by atoms with van der Waals surface area (Å²) in [5.74, 6) is 1.00. The summed E-state index contributed by atoms with van der Waals surface area (Å²) in [5.41, 5.74) is 2.91. The zero-order valence-corrected chi connectivity index (χ0v) is 10.8. The zero-order chi connectivity index (χ0) is 12.4. The van der Waals surface area contributed by atoms with Crippen LogP contribution in [0.1, 0.15) is 36.0 Å². The van der Waals surface area contributed by atoms with Crippen LogP contribution < -0.4 is 10.1 Å². The van der Waals surface area contributed by atoms with Gasteiger partial charge < -0.3 is 10.1 Å². The van der Waals surface area contributed by atoms with Gasteiger partial charge in [-0.25, -0.2) is 4.39 Å². The van der Waals surface area contributed by atoms with E-state index in [0.29, 0.717) is 11.5 Å². The SMILES string of the molecule is CCc1c(C2CCNC2)cc(F)c(C)c1OC. The van der Waals surface area contributed by atoms with E-state index in [4.69, 9.17) is 4.74 Å². The summed E-state index contributed by atoms with van der Waals surface area (Å²) in [5, 5.41) is 3.33. The predicted molar refractivity (Wildman–Crippen MR) is 67.3 cm³/mol. The van der Waals surface area contributed by atoms with Crippen LogP contribution in [0.15, 0.2) is 6.07 Å². The molecule has 1 atom stereocenters. The molecule has 0 bridgehead atoms. The second-order valence-corrected chi connectivity index (χ2v) is 4.63. The third-order valence-electron chi connectivity index (χ3n) is 3.66. The lowest BCUT2D eigenvalue weighted by Crippen LogP contribution is -2.11. The monoisotopic (exact) mass is 237 g/mol. The van der Waals surface area contributed by atoms with Crippen molar-refractivity contribution in [3.8, 4) is 5.75 Å². The van der Waals surface area contributed by atoms with Crippen molar-refractivity contribution in [2.45, 2.75) is 32.6 Å². The van der Waals surface area contributed by atoms with E-state index in [9.17, 15) is 4.39 Å². The third kappa shape index (κ3) is 2.16. The Hall–Kier alpha value is -1.09. The van der Waals surface area contributed by atoms with Crippen molar-refractivity contribution in [2.75, 3.05) is 20.2 Å². The maximum Gasteiger partial charge on any atom is 0.130 e. The van der Waals surface area contributed by atoms with Crippen molar-refractivity contribution in [2.24, 2.45) is 0 Å². The molecule has 3 heteroatoms. The standard InChI is InChI=1S/C14H20FNO/c1-4-11-12(10-5-6-16-8-10)7-13(15)9(2)14(11)17-3/h7,10,16H,4-6,8H2,1-3H3. The van der Waals surface area contributed by atoms with Gasteiger partial charge in [-0.3, -0.25) is 0 Å². The average Bonchev–Trinajstić information content (AvgIpc) is 2.85. The van der Waals surface area contributed by atoms with Crippen molar-refractivity contribution in [1.82, 2.24) is 5.32 Å². The Morgan fingerprint density at radius 3 is 2.82 bits per heavy atom. The summed E-state index contributed by atoms with van der Waals surface area (Å²) in [6, 6.07) is 1.70. The van der Waals surface area contributed by atoms with Gasteiger partial charge in [-0.05, 0) is 49.4 Å². The van der Waals surface area contributed by atoms with E-state index < -0.39 is 0 Å². The summed E-state index contributed by atoms with van der Waals surface area (Å²) in [7, 11) is 1.62. The van der Waals surface area contributed by atoms with E-state index in [0.717, 1.165) is 37.2 Å². The van der Waals surface area contributed by atoms with E-state index >= 15 is 0 Å². The molecule has 2 rings (SSSR count). The molecule has 1 aromatic rings. The first kappa shape index (κ1) is 12.4. The molecule has 0 amide bonds. The molecule has 1 unspecified atom stereocenters. The zero-order valence-electron chi connectivity index (χ0n) is 10.8. The van der Waals surface area contributed by atoms with Crippen LogP contribution in [-0.4, -0.2) is 20.2 Å². The van der Waals surface area contributed by atoms with Gasteiger partial charge in [0.05, 0.1) is 7.11 Å². The van der Waals surface area contributed by atoms with Crippen LogP contribution in [0.2, 0.25) is 0 Å². The van der Waals surface area contributed by atoms with Crippen LogP contribution in [0.25, 0.3) is 0 Å². The lowest BCUT2D eigenvalue weighted by molar-refractivity contribution is 0.400. The van der Waals surface area contributed by atoms with Crippen LogP contribution in [0.5, 0.6) is 5.75 Å². The quantitative estimate of drug-likeness (QED) is 0.872. The predicted octanol–water partition coefficient (Wildman–Crippen LogP) is 2.78. The first-order valence-corrected chi connectivity index (χ1v) is 6.25. The van der Waals surface area contributed by atoms with E-state index in [1.165, 1.54) is 5.56 Å². The topological polar surface area (TPSA) is 21.3 Å². The molecule has 1 aliphatic heterocycles. The number of nitrogens with one attached hydrogen (secondary N) is 1. The molecule has 94 valence electrons. The van der Waals surface area contributed by atoms with Crippen molar-refractivity contribution < 1.29 is 9.13 Å². The van der Waals surface area contributed by atoms with Gasteiger partial charge in [-0.2, -0.15) is 0 Å². The summed E-state index contributed by atoms with van der Waals surface area (Å²) >= 11 is 0. The van der Waals surface area contributed by atoms with Crippen LogP contribution in [0.3, 0.4) is 0 Å². The molecule has 1 saturated heterocycles. The Morgan fingerprint density at radius 2 is 2.29 bits per heavy atom. The minimum atomic E-state index is -0.152. The number of rotatable bonds is 3. The molecule has 1 N–H and O–H groups in total. The summed E-state index contributed by atoms with van der Waals surface area (Å²) in [4.78, 5) is 0. The van der Waals surface area contributed by atoms with E-state index in [1.807, 2.05) is 0 Å². The molecule has 2 nitrogen and oxygen atoms in total. The smallest absolute Gasteiger partial charge is 0.130 e. The fourth-order valence-corrected chi connectivity index (χ4v) is 2.72. The molecule has 1 heterocycles. The van der Waals surface area contributed by atoms with E-state index in [-0.39, 0.29) is 5.82 Å². The summed E-state index contributed by atoms with van der Waals surface area (Å²) < 4.78 is 19.3. The maximum atomic E-state index is 13.9. The minimum absolute atomic E-state index is 0.152. The van der Waals surface area contributed by atoms with Crippen molar-refractivity contribution in [3.05, 3.63) is 28.6 Å². The van der Waals surface area contributed by atoms with Crippen LogP contribution in [0, 0.1) is 12.7 Å². The highest BCUT2D eigenvalue weighted by molar-refractivity contribution is 5.48. The molecule has 0 saturated carbocycles. The summed E-state index contributed by atoms with van der Waals surface area (Å²) in [6.07, 6.45) is 1.97. The average molecular weight is 237 g/mol. The molecule has 1 fully saturated rings. The maximum absolute atomic E-state index is 13.9. The van der Waals surface area contributed by atoms with Crippen LogP contribution in [0.4, 0.5) is 4.39 Å². The Morgan fingerprint density at radius 1 is 1.53 bits per heavy atom. The highest BCUT2D eigenvalue weighted by Crippen LogP contribution is 2.35. The normalized spacial score (nSPS) is 19.6. The number of halogens is 1. The van der Waals surface area contributed by atoms with Gasteiger partial charge in [-0.15, -0.1) is 0 Å². The van der Waals surface area contributed by atoms with Gasteiger partial charge in [0.2, 0.25) is 0 Å². The first-order valence-electron chi connectivity index (χ1n) is 6.25. The number of hydrogen-bond acceptors (Lipinski definition) is 2. The highest BCUT2D eigenvalue weighted by atomic mass is 19.1. The molecule has 0 spiro atoms. The number of benzene rings is 1. The fourth-order valence-electron chi connectivity index (χ4n) is 2.72. The van der Waals surface area contributed by atoms with Crippen LogP contribution >= 0.6 is 0 Å². The molecule has 0 aliphatic carbocycles. The Bertz CT molecular complexity index is 411. The number of ether oxygens (including phenoxy) is 1. The molecule has 17 heavy (non-hydrogen) atoms. The second-order valence-electron chi connectivity index (χ2n) is 4.63. The van der Waals surface area contributed by atoms with Gasteiger partial charge in [0, 0.05) is 12.1 Å². The second kappa shape index (κ2) is 5.05. The lowest BCUT2D eigenvalue weighted by atomic mass is 9.90. The van der Waals surface area contributed by atoms with Gasteiger partial charge in [0.25, 0.3) is 0 Å². The van der Waals surface area contributed by atoms with E-state index in [1.54, 1.807) is 20.1 Å². The minimum Gasteiger partial charge on any atom is -0.496 e. The molecule has 1 aromatic carbocycles. The van der Waals surface area contributed by atoms with Gasteiger partial charge >= 0.3 is 0 Å². The Balaban J connectivity index is 2.53. The van der Waals surface area contributed by atoms with Crippen molar-refractivity contribution in [3.63, 3.8) is 0 Å². The molecular weight excluding hydrogens is 217 g/mol. The van der Waals surface area contributed by atoms with Gasteiger partial charge in [0.1, 0.15) is 11.6 Å². The Kier molecular flexibility index (Phi) is 3.67. The first-order chi connectivity index (χ1) is 8.19. The highest BCUT2D eigenvalue weighted by Gasteiger charge is 2.23. The lowest BCUT2D eigenvalue weighted by Gasteiger charge is -2.19. The number of hydrogen-bond donors (Lipinski definition) is 1.